The van der Waals surface area contributed by atoms with Crippen LogP contribution in [0, 0.1) is 0 Å². The summed E-state index contributed by atoms with van der Waals surface area (Å²) >= 11 is 6.12. The molecular formula is C12H13ClO. The average Bonchev–Trinajstić information content (AvgIpc) is 2.50. The number of hydrogen-bond donors (Lipinski definition) is 0. The molecule has 0 spiro atoms. The molecule has 1 heterocycles. The van der Waals surface area contributed by atoms with E-state index < -0.39 is 0 Å². The second-order valence-corrected chi connectivity index (χ2v) is 4.95. The van der Waals surface area contributed by atoms with E-state index in [1.165, 1.54) is 5.56 Å². The minimum absolute atomic E-state index is 0.120. The minimum Gasteiger partial charge on any atom is -0.463 e. The summed E-state index contributed by atoms with van der Waals surface area (Å²) in [5.41, 5.74) is 2.13. The normalized spacial score (nSPS) is 12.3. The van der Waals surface area contributed by atoms with E-state index >= 15 is 0 Å². The zero-order valence-corrected chi connectivity index (χ0v) is 9.35. The van der Waals surface area contributed by atoms with Crippen LogP contribution in [-0.4, -0.2) is 0 Å². The molecule has 0 unspecified atom stereocenters. The molecule has 74 valence electrons. The Bertz CT molecular complexity index is 463. The van der Waals surface area contributed by atoms with Crippen LogP contribution < -0.4 is 0 Å². The summed E-state index contributed by atoms with van der Waals surface area (Å²) < 4.78 is 5.28. The lowest BCUT2D eigenvalue weighted by Crippen LogP contribution is -2.10. The van der Waals surface area contributed by atoms with Gasteiger partial charge >= 0.3 is 0 Å². The first-order valence-electron chi connectivity index (χ1n) is 4.66. The number of furan rings is 1. The Labute approximate surface area is 88.7 Å². The van der Waals surface area contributed by atoms with Crippen molar-refractivity contribution in [3.63, 3.8) is 0 Å². The largest absolute Gasteiger partial charge is 0.463 e. The van der Waals surface area contributed by atoms with Crippen LogP contribution in [0.25, 0.3) is 11.0 Å². The Morgan fingerprint density at radius 2 is 1.93 bits per heavy atom. The maximum Gasteiger partial charge on any atom is 0.152 e. The van der Waals surface area contributed by atoms with Gasteiger partial charge in [-0.1, -0.05) is 32.4 Å². The lowest BCUT2D eigenvalue weighted by atomic mass is 9.86. The highest BCUT2D eigenvalue weighted by Crippen LogP contribution is 2.31. The predicted molar refractivity (Wildman–Crippen MR) is 59.9 cm³/mol. The molecule has 1 nitrogen and oxygen atoms in total. The predicted octanol–water partition coefficient (Wildman–Crippen LogP) is 4.38. The zero-order valence-electron chi connectivity index (χ0n) is 8.60. The van der Waals surface area contributed by atoms with E-state index in [1.54, 1.807) is 6.26 Å². The molecule has 0 amide bonds. The van der Waals surface area contributed by atoms with E-state index in [1.807, 2.05) is 12.1 Å². The quantitative estimate of drug-likeness (QED) is 0.626. The highest BCUT2D eigenvalue weighted by Gasteiger charge is 2.16. The smallest absolute Gasteiger partial charge is 0.152 e. The number of fused-ring (bicyclic) bond motifs is 1. The fraction of sp³-hybridized carbons (Fsp3) is 0.333. The maximum atomic E-state index is 6.12. The first-order chi connectivity index (χ1) is 6.48. The van der Waals surface area contributed by atoms with Crippen molar-refractivity contribution in [2.45, 2.75) is 26.2 Å². The van der Waals surface area contributed by atoms with Crippen LogP contribution in [0.2, 0.25) is 5.02 Å². The van der Waals surface area contributed by atoms with Crippen molar-refractivity contribution in [2.24, 2.45) is 0 Å². The molecule has 0 saturated heterocycles. The summed E-state index contributed by atoms with van der Waals surface area (Å²) in [6.07, 6.45) is 1.67. The van der Waals surface area contributed by atoms with Crippen LogP contribution in [-0.2, 0) is 5.41 Å². The van der Waals surface area contributed by atoms with Gasteiger partial charge in [0.05, 0.1) is 11.3 Å². The summed E-state index contributed by atoms with van der Waals surface area (Å²) in [5.74, 6) is 0. The molecule has 2 rings (SSSR count). The zero-order chi connectivity index (χ0) is 10.3. The first-order valence-corrected chi connectivity index (χ1v) is 5.03. The van der Waals surface area contributed by atoms with Crippen molar-refractivity contribution < 1.29 is 4.42 Å². The standard InChI is InChI=1S/C12H13ClO/c1-12(2,3)9-6-8-4-5-14-11(8)10(13)7-9/h4-7H,1-3H3. The van der Waals surface area contributed by atoms with E-state index in [9.17, 15) is 0 Å². The third-order valence-corrected chi connectivity index (χ3v) is 2.65. The fourth-order valence-corrected chi connectivity index (χ4v) is 1.74. The molecule has 0 N–H and O–H groups in total. The highest BCUT2D eigenvalue weighted by molar-refractivity contribution is 6.34. The molecule has 0 aliphatic carbocycles. The van der Waals surface area contributed by atoms with Crippen molar-refractivity contribution in [3.05, 3.63) is 35.0 Å². The van der Waals surface area contributed by atoms with Crippen molar-refractivity contribution in [1.29, 1.82) is 0 Å². The molecule has 14 heavy (non-hydrogen) atoms. The Morgan fingerprint density at radius 3 is 2.57 bits per heavy atom. The number of halogens is 1. The van der Waals surface area contributed by atoms with Gasteiger partial charge in [0.25, 0.3) is 0 Å². The Hall–Kier alpha value is -0.950. The number of benzene rings is 1. The molecule has 0 aliphatic rings. The summed E-state index contributed by atoms with van der Waals surface area (Å²) in [7, 11) is 0. The van der Waals surface area contributed by atoms with Crippen molar-refractivity contribution in [3.8, 4) is 0 Å². The van der Waals surface area contributed by atoms with Crippen molar-refractivity contribution >= 4 is 22.6 Å². The second-order valence-electron chi connectivity index (χ2n) is 4.55. The molecule has 0 atom stereocenters. The molecule has 0 fully saturated rings. The summed E-state index contributed by atoms with van der Waals surface area (Å²) in [6, 6.07) is 6.05. The third-order valence-electron chi connectivity index (χ3n) is 2.37. The summed E-state index contributed by atoms with van der Waals surface area (Å²) in [4.78, 5) is 0. The molecule has 1 aromatic carbocycles. The van der Waals surface area contributed by atoms with E-state index in [4.69, 9.17) is 16.0 Å². The van der Waals surface area contributed by atoms with E-state index in [0.29, 0.717) is 5.02 Å². The van der Waals surface area contributed by atoms with Gasteiger partial charge in [0.2, 0.25) is 0 Å². The van der Waals surface area contributed by atoms with Gasteiger partial charge in [0, 0.05) is 5.39 Å². The summed E-state index contributed by atoms with van der Waals surface area (Å²) in [6.45, 7) is 6.51. The molecule has 0 bridgehead atoms. The fourth-order valence-electron chi connectivity index (χ4n) is 1.47. The van der Waals surface area contributed by atoms with Crippen LogP contribution in [0.1, 0.15) is 26.3 Å². The Kier molecular flexibility index (Phi) is 2.07. The van der Waals surface area contributed by atoms with E-state index in [0.717, 1.165) is 11.0 Å². The van der Waals surface area contributed by atoms with Crippen molar-refractivity contribution in [1.82, 2.24) is 0 Å². The van der Waals surface area contributed by atoms with E-state index in [-0.39, 0.29) is 5.41 Å². The lowest BCUT2D eigenvalue weighted by Gasteiger charge is -2.19. The number of hydrogen-bond acceptors (Lipinski definition) is 1. The minimum atomic E-state index is 0.120. The van der Waals surface area contributed by atoms with Gasteiger partial charge < -0.3 is 4.42 Å². The second kappa shape index (κ2) is 3.03. The molecule has 2 aromatic rings. The van der Waals surface area contributed by atoms with Gasteiger partial charge in [-0.25, -0.2) is 0 Å². The Balaban J connectivity index is 2.70. The van der Waals surface area contributed by atoms with Crippen LogP contribution in [0.5, 0.6) is 0 Å². The third kappa shape index (κ3) is 1.53. The topological polar surface area (TPSA) is 13.1 Å². The lowest BCUT2D eigenvalue weighted by molar-refractivity contribution is 0.589. The van der Waals surface area contributed by atoms with Gasteiger partial charge in [0.1, 0.15) is 0 Å². The maximum absolute atomic E-state index is 6.12. The molecule has 0 radical (unpaired) electrons. The average molecular weight is 209 g/mol. The molecular weight excluding hydrogens is 196 g/mol. The van der Waals surface area contributed by atoms with Gasteiger partial charge in [-0.2, -0.15) is 0 Å². The van der Waals surface area contributed by atoms with Crippen LogP contribution in [0.3, 0.4) is 0 Å². The Morgan fingerprint density at radius 1 is 1.21 bits per heavy atom. The first kappa shape index (κ1) is 9.60. The number of rotatable bonds is 0. The van der Waals surface area contributed by atoms with Gasteiger partial charge in [-0.05, 0) is 29.2 Å². The molecule has 1 aromatic heterocycles. The molecule has 0 saturated carbocycles. The van der Waals surface area contributed by atoms with E-state index in [2.05, 4.69) is 26.8 Å². The van der Waals surface area contributed by atoms with Crippen LogP contribution >= 0.6 is 11.6 Å². The van der Waals surface area contributed by atoms with Gasteiger partial charge in [-0.3, -0.25) is 0 Å². The van der Waals surface area contributed by atoms with Gasteiger partial charge in [0.15, 0.2) is 5.58 Å². The molecule has 0 aliphatic heterocycles. The monoisotopic (exact) mass is 208 g/mol. The van der Waals surface area contributed by atoms with Crippen LogP contribution in [0.4, 0.5) is 0 Å². The SMILES string of the molecule is CC(C)(C)c1cc(Cl)c2occc2c1. The molecule has 2 heteroatoms. The summed E-state index contributed by atoms with van der Waals surface area (Å²) in [5, 5.41) is 1.76. The van der Waals surface area contributed by atoms with Crippen LogP contribution in [0.15, 0.2) is 28.9 Å². The van der Waals surface area contributed by atoms with Gasteiger partial charge in [-0.15, -0.1) is 0 Å². The van der Waals surface area contributed by atoms with Crippen molar-refractivity contribution in [2.75, 3.05) is 0 Å². The highest BCUT2D eigenvalue weighted by atomic mass is 35.5.